The van der Waals surface area contributed by atoms with Gasteiger partial charge in [-0.2, -0.15) is 10.1 Å². The molecule has 6 rings (SSSR count). The van der Waals surface area contributed by atoms with Gasteiger partial charge in [0.15, 0.2) is 5.82 Å². The fourth-order valence-corrected chi connectivity index (χ4v) is 4.30. The molecule has 0 aliphatic carbocycles. The lowest BCUT2D eigenvalue weighted by Crippen LogP contribution is -2.01. The van der Waals surface area contributed by atoms with Gasteiger partial charge in [0.25, 0.3) is 0 Å². The van der Waals surface area contributed by atoms with Gasteiger partial charge in [0.05, 0.1) is 18.3 Å². The SMILES string of the molecule is Cc1cc(C)cc(Nc2nccn3nc(Nc4ccc5cnn(Cc6ccccc6)c5c4)nc23)c1. The number of hydrogen-bond acceptors (Lipinski definition) is 6. The maximum absolute atomic E-state index is 4.70. The van der Waals surface area contributed by atoms with Crippen molar-refractivity contribution in [3.63, 3.8) is 0 Å². The molecule has 0 aliphatic rings. The zero-order chi connectivity index (χ0) is 23.8. The highest BCUT2D eigenvalue weighted by atomic mass is 15.4. The van der Waals surface area contributed by atoms with Crippen LogP contribution in [0, 0.1) is 13.8 Å². The molecule has 0 radical (unpaired) electrons. The Hall–Kier alpha value is -4.72. The Morgan fingerprint density at radius 3 is 2.51 bits per heavy atom. The van der Waals surface area contributed by atoms with Gasteiger partial charge in [-0.15, -0.1) is 5.10 Å². The highest BCUT2D eigenvalue weighted by Gasteiger charge is 2.11. The minimum Gasteiger partial charge on any atom is -0.337 e. The van der Waals surface area contributed by atoms with Gasteiger partial charge in [-0.1, -0.05) is 36.4 Å². The molecule has 0 saturated heterocycles. The third-order valence-electron chi connectivity index (χ3n) is 5.82. The van der Waals surface area contributed by atoms with E-state index in [1.807, 2.05) is 35.1 Å². The number of benzene rings is 3. The predicted octanol–water partition coefficient (Wildman–Crippen LogP) is 5.63. The van der Waals surface area contributed by atoms with E-state index >= 15 is 0 Å². The predicted molar refractivity (Wildman–Crippen MR) is 139 cm³/mol. The Bertz CT molecular complexity index is 1630. The van der Waals surface area contributed by atoms with E-state index in [2.05, 4.69) is 82.1 Å². The topological polar surface area (TPSA) is 85.0 Å². The minimum absolute atomic E-state index is 0.495. The third-order valence-corrected chi connectivity index (χ3v) is 5.82. The number of fused-ring (bicyclic) bond motifs is 2. The van der Waals surface area contributed by atoms with E-state index in [4.69, 9.17) is 4.98 Å². The number of aromatic nitrogens is 6. The molecule has 35 heavy (non-hydrogen) atoms. The second-order valence-electron chi connectivity index (χ2n) is 8.67. The van der Waals surface area contributed by atoms with Gasteiger partial charge >= 0.3 is 0 Å². The number of nitrogens with zero attached hydrogens (tertiary/aromatic N) is 6. The second-order valence-corrected chi connectivity index (χ2v) is 8.67. The largest absolute Gasteiger partial charge is 0.337 e. The maximum atomic E-state index is 4.70. The summed E-state index contributed by atoms with van der Waals surface area (Å²) in [6, 6.07) is 22.8. The van der Waals surface area contributed by atoms with Crippen molar-refractivity contribution in [3.8, 4) is 0 Å². The van der Waals surface area contributed by atoms with Crippen LogP contribution < -0.4 is 10.6 Å². The fraction of sp³-hybridized carbons (Fsp3) is 0.111. The molecular formula is C27H24N8. The van der Waals surface area contributed by atoms with E-state index in [1.165, 1.54) is 16.7 Å². The molecule has 2 N–H and O–H groups in total. The number of rotatable bonds is 6. The smallest absolute Gasteiger partial charge is 0.247 e. The summed E-state index contributed by atoms with van der Waals surface area (Å²) in [7, 11) is 0. The Labute approximate surface area is 202 Å². The summed E-state index contributed by atoms with van der Waals surface area (Å²) in [6.07, 6.45) is 5.39. The van der Waals surface area contributed by atoms with Gasteiger partial charge in [-0.05, 0) is 60.9 Å². The van der Waals surface area contributed by atoms with Gasteiger partial charge in [0.2, 0.25) is 11.6 Å². The van der Waals surface area contributed by atoms with E-state index in [1.54, 1.807) is 16.9 Å². The first-order valence-corrected chi connectivity index (χ1v) is 11.4. The van der Waals surface area contributed by atoms with Crippen molar-refractivity contribution >= 4 is 39.7 Å². The third kappa shape index (κ3) is 4.29. The van der Waals surface area contributed by atoms with Crippen LogP contribution in [-0.4, -0.2) is 29.4 Å². The molecule has 0 atom stereocenters. The molecule has 8 nitrogen and oxygen atoms in total. The lowest BCUT2D eigenvalue weighted by atomic mass is 10.1. The highest BCUT2D eigenvalue weighted by molar-refractivity contribution is 5.83. The first kappa shape index (κ1) is 20.9. The molecule has 0 saturated carbocycles. The Morgan fingerprint density at radius 1 is 0.857 bits per heavy atom. The van der Waals surface area contributed by atoms with Crippen LogP contribution in [0.5, 0.6) is 0 Å². The van der Waals surface area contributed by atoms with Crippen LogP contribution >= 0.6 is 0 Å². The molecule has 3 heterocycles. The van der Waals surface area contributed by atoms with Crippen LogP contribution in [0.1, 0.15) is 16.7 Å². The summed E-state index contributed by atoms with van der Waals surface area (Å²) in [5, 5.41) is 17.0. The van der Waals surface area contributed by atoms with Gasteiger partial charge in [-0.25, -0.2) is 9.50 Å². The first-order chi connectivity index (χ1) is 17.1. The molecule has 0 bridgehead atoms. The Morgan fingerprint density at radius 2 is 1.69 bits per heavy atom. The van der Waals surface area contributed by atoms with Gasteiger partial charge in [0.1, 0.15) is 0 Å². The van der Waals surface area contributed by atoms with E-state index in [9.17, 15) is 0 Å². The van der Waals surface area contributed by atoms with E-state index in [0.717, 1.165) is 22.3 Å². The van der Waals surface area contributed by atoms with Crippen molar-refractivity contribution < 1.29 is 0 Å². The normalized spacial score (nSPS) is 11.3. The number of aryl methyl sites for hydroxylation is 2. The lowest BCUT2D eigenvalue weighted by Gasteiger charge is -2.08. The second kappa shape index (κ2) is 8.57. The molecule has 0 amide bonds. The highest BCUT2D eigenvalue weighted by Crippen LogP contribution is 2.24. The van der Waals surface area contributed by atoms with Crippen LogP contribution in [0.25, 0.3) is 16.6 Å². The summed E-state index contributed by atoms with van der Waals surface area (Å²) in [6.45, 7) is 4.86. The van der Waals surface area contributed by atoms with E-state index in [0.29, 0.717) is 24.0 Å². The average Bonchev–Trinajstić information content (AvgIpc) is 3.43. The summed E-state index contributed by atoms with van der Waals surface area (Å²) in [4.78, 5) is 9.19. The van der Waals surface area contributed by atoms with E-state index < -0.39 is 0 Å². The summed E-state index contributed by atoms with van der Waals surface area (Å²) in [5.41, 5.74) is 7.12. The van der Waals surface area contributed by atoms with Crippen LogP contribution in [0.15, 0.2) is 85.3 Å². The molecule has 8 heteroatoms. The van der Waals surface area contributed by atoms with Crippen LogP contribution in [0.3, 0.4) is 0 Å². The first-order valence-electron chi connectivity index (χ1n) is 11.4. The van der Waals surface area contributed by atoms with Crippen molar-refractivity contribution in [1.82, 2.24) is 29.4 Å². The van der Waals surface area contributed by atoms with Crippen molar-refractivity contribution in [3.05, 3.63) is 102 Å². The summed E-state index contributed by atoms with van der Waals surface area (Å²) in [5.74, 6) is 1.14. The molecule has 6 aromatic rings. The zero-order valence-corrected chi connectivity index (χ0v) is 19.5. The number of nitrogens with one attached hydrogen (secondary N) is 2. The molecule has 0 unspecified atom stereocenters. The number of hydrogen-bond donors (Lipinski definition) is 2. The minimum atomic E-state index is 0.495. The number of anilines is 4. The van der Waals surface area contributed by atoms with Crippen molar-refractivity contribution in [1.29, 1.82) is 0 Å². The molecule has 0 spiro atoms. The standard InChI is InChI=1S/C27H24N8/c1-18-12-19(2)14-23(13-18)30-25-26-32-27(33-34(26)11-10-28-25)31-22-9-8-21-16-29-35(24(21)15-22)17-20-6-4-3-5-7-20/h3-16H,17H2,1-2H3,(H,28,30)(H,31,33). The Balaban J connectivity index is 1.29. The van der Waals surface area contributed by atoms with E-state index in [-0.39, 0.29) is 0 Å². The molecule has 0 aliphatic heterocycles. The van der Waals surface area contributed by atoms with Gasteiger partial charge in [-0.3, -0.25) is 4.68 Å². The van der Waals surface area contributed by atoms with Crippen LogP contribution in [-0.2, 0) is 6.54 Å². The zero-order valence-electron chi connectivity index (χ0n) is 19.5. The molecule has 3 aromatic heterocycles. The molecule has 0 fully saturated rings. The lowest BCUT2D eigenvalue weighted by molar-refractivity contribution is 0.712. The van der Waals surface area contributed by atoms with Crippen molar-refractivity contribution in [2.24, 2.45) is 0 Å². The summed E-state index contributed by atoms with van der Waals surface area (Å²) < 4.78 is 3.72. The maximum Gasteiger partial charge on any atom is 0.247 e. The quantitative estimate of drug-likeness (QED) is 0.335. The average molecular weight is 461 g/mol. The molecular weight excluding hydrogens is 436 g/mol. The summed E-state index contributed by atoms with van der Waals surface area (Å²) >= 11 is 0. The monoisotopic (exact) mass is 460 g/mol. The molecule has 3 aromatic carbocycles. The van der Waals surface area contributed by atoms with Gasteiger partial charge in [0, 0.05) is 29.2 Å². The molecule has 172 valence electrons. The van der Waals surface area contributed by atoms with Crippen LogP contribution in [0.4, 0.5) is 23.1 Å². The van der Waals surface area contributed by atoms with Crippen molar-refractivity contribution in [2.75, 3.05) is 10.6 Å². The van der Waals surface area contributed by atoms with Crippen LogP contribution in [0.2, 0.25) is 0 Å². The van der Waals surface area contributed by atoms with Gasteiger partial charge < -0.3 is 10.6 Å². The fourth-order valence-electron chi connectivity index (χ4n) is 4.30. The van der Waals surface area contributed by atoms with Crippen molar-refractivity contribution in [2.45, 2.75) is 20.4 Å². The Kier molecular flexibility index (Phi) is 5.11.